The number of allylic oxidation sites excluding steroid dienone is 2. The number of aliphatic carboxylic acids is 1. The van der Waals surface area contributed by atoms with Crippen LogP contribution in [0.15, 0.2) is 30.4 Å². The molecule has 1 heterocycles. The Morgan fingerprint density at radius 1 is 1.41 bits per heavy atom. The average molecular weight is 231 g/mol. The molecule has 1 aliphatic heterocycles. The lowest BCUT2D eigenvalue weighted by atomic mass is 9.79. The molecule has 3 atom stereocenters. The number of anilines is 1. The Kier molecular flexibility index (Phi) is 2.11. The zero-order chi connectivity index (χ0) is 12.0. The summed E-state index contributed by atoms with van der Waals surface area (Å²) in [5, 5.41) is 22.0. The number of phenols is 1. The van der Waals surface area contributed by atoms with Crippen LogP contribution in [0.3, 0.4) is 0 Å². The fraction of sp³-hybridized carbons (Fsp3) is 0.308. The van der Waals surface area contributed by atoms with E-state index in [0.29, 0.717) is 5.69 Å². The van der Waals surface area contributed by atoms with Crippen LogP contribution in [0.4, 0.5) is 5.69 Å². The van der Waals surface area contributed by atoms with Crippen LogP contribution in [0.1, 0.15) is 17.9 Å². The standard InChI is InChI=1S/C13H13NO3/c15-10-6-2-5-8-7-3-1-4-9(7)12(13(16)17)14-11(8)10/h1-3,5-7,9,12,14-15H,4H2,(H,16,17)/t7-,9-,12+/m1/s1. The molecule has 17 heavy (non-hydrogen) atoms. The highest BCUT2D eigenvalue weighted by molar-refractivity contribution is 5.82. The maximum absolute atomic E-state index is 11.2. The zero-order valence-electron chi connectivity index (χ0n) is 9.13. The molecule has 0 spiro atoms. The van der Waals surface area contributed by atoms with Gasteiger partial charge in [0.05, 0.1) is 5.69 Å². The molecule has 1 aromatic rings. The smallest absolute Gasteiger partial charge is 0.326 e. The largest absolute Gasteiger partial charge is 0.506 e. The predicted molar refractivity (Wildman–Crippen MR) is 63.1 cm³/mol. The van der Waals surface area contributed by atoms with Crippen LogP contribution in [0.2, 0.25) is 0 Å². The molecule has 0 amide bonds. The molecule has 3 N–H and O–H groups in total. The van der Waals surface area contributed by atoms with Gasteiger partial charge in [0.1, 0.15) is 11.8 Å². The van der Waals surface area contributed by atoms with Crippen molar-refractivity contribution in [2.45, 2.75) is 18.4 Å². The van der Waals surface area contributed by atoms with E-state index in [1.807, 2.05) is 18.2 Å². The summed E-state index contributed by atoms with van der Waals surface area (Å²) in [6.07, 6.45) is 4.83. The fourth-order valence-electron chi connectivity index (χ4n) is 2.85. The van der Waals surface area contributed by atoms with Crippen LogP contribution in [0, 0.1) is 5.92 Å². The van der Waals surface area contributed by atoms with E-state index in [9.17, 15) is 15.0 Å². The molecular weight excluding hydrogens is 218 g/mol. The van der Waals surface area contributed by atoms with E-state index in [4.69, 9.17) is 0 Å². The van der Waals surface area contributed by atoms with Crippen LogP contribution in [-0.4, -0.2) is 22.2 Å². The molecule has 0 radical (unpaired) electrons. The third-order valence-electron chi connectivity index (χ3n) is 3.64. The fourth-order valence-corrected chi connectivity index (χ4v) is 2.85. The van der Waals surface area contributed by atoms with Crippen molar-refractivity contribution >= 4 is 11.7 Å². The molecule has 1 aromatic carbocycles. The Labute approximate surface area is 98.6 Å². The maximum atomic E-state index is 11.2. The Morgan fingerprint density at radius 2 is 2.24 bits per heavy atom. The number of benzene rings is 1. The van der Waals surface area contributed by atoms with Crippen molar-refractivity contribution in [2.24, 2.45) is 5.92 Å². The second kappa shape index (κ2) is 3.52. The molecule has 4 heteroatoms. The second-order valence-corrected chi connectivity index (χ2v) is 4.56. The van der Waals surface area contributed by atoms with Gasteiger partial charge in [0, 0.05) is 11.8 Å². The average Bonchev–Trinajstić information content (AvgIpc) is 2.77. The predicted octanol–water partition coefficient (Wildman–Crippen LogP) is 1.93. The van der Waals surface area contributed by atoms with Gasteiger partial charge in [-0.1, -0.05) is 24.3 Å². The summed E-state index contributed by atoms with van der Waals surface area (Å²) < 4.78 is 0. The van der Waals surface area contributed by atoms with E-state index in [2.05, 4.69) is 5.32 Å². The summed E-state index contributed by atoms with van der Waals surface area (Å²) >= 11 is 0. The molecule has 0 unspecified atom stereocenters. The minimum absolute atomic E-state index is 0.0433. The minimum atomic E-state index is -0.863. The highest BCUT2D eigenvalue weighted by Gasteiger charge is 2.41. The SMILES string of the molecule is O=C(O)[C@H]1Nc2c(O)cccc2[C@H]2C=CC[C@@H]12. The molecule has 88 valence electrons. The van der Waals surface area contributed by atoms with Gasteiger partial charge < -0.3 is 15.5 Å². The number of hydrogen-bond donors (Lipinski definition) is 3. The lowest BCUT2D eigenvalue weighted by Crippen LogP contribution is -2.41. The Morgan fingerprint density at radius 3 is 3.00 bits per heavy atom. The van der Waals surface area contributed by atoms with Crippen LogP contribution < -0.4 is 5.32 Å². The number of carboxylic acids is 1. The van der Waals surface area contributed by atoms with Crippen molar-refractivity contribution in [3.8, 4) is 5.75 Å². The van der Waals surface area contributed by atoms with Crippen molar-refractivity contribution in [2.75, 3.05) is 5.32 Å². The number of nitrogens with one attached hydrogen (secondary N) is 1. The first-order chi connectivity index (χ1) is 8.18. The molecule has 4 nitrogen and oxygen atoms in total. The van der Waals surface area contributed by atoms with Gasteiger partial charge in [-0.15, -0.1) is 0 Å². The number of hydrogen-bond acceptors (Lipinski definition) is 3. The van der Waals surface area contributed by atoms with E-state index in [1.54, 1.807) is 12.1 Å². The van der Waals surface area contributed by atoms with E-state index >= 15 is 0 Å². The molecule has 0 aromatic heterocycles. The lowest BCUT2D eigenvalue weighted by molar-refractivity contribution is -0.139. The van der Waals surface area contributed by atoms with Gasteiger partial charge in [-0.2, -0.15) is 0 Å². The van der Waals surface area contributed by atoms with Gasteiger partial charge in [0.15, 0.2) is 0 Å². The van der Waals surface area contributed by atoms with Crippen molar-refractivity contribution in [3.05, 3.63) is 35.9 Å². The second-order valence-electron chi connectivity index (χ2n) is 4.56. The normalized spacial score (nSPS) is 29.3. The van der Waals surface area contributed by atoms with Crippen molar-refractivity contribution in [1.29, 1.82) is 0 Å². The topological polar surface area (TPSA) is 69.6 Å². The first-order valence-electron chi connectivity index (χ1n) is 5.66. The molecule has 0 saturated carbocycles. The Balaban J connectivity index is 2.12. The highest BCUT2D eigenvalue weighted by atomic mass is 16.4. The number of carboxylic acid groups (broad SMARTS) is 1. The van der Waals surface area contributed by atoms with Gasteiger partial charge in [-0.3, -0.25) is 0 Å². The Bertz CT molecular complexity index is 509. The van der Waals surface area contributed by atoms with Gasteiger partial charge in [-0.05, 0) is 18.1 Å². The minimum Gasteiger partial charge on any atom is -0.506 e. The van der Waals surface area contributed by atoms with Crippen molar-refractivity contribution < 1.29 is 15.0 Å². The third kappa shape index (κ3) is 1.40. The summed E-state index contributed by atoms with van der Waals surface area (Å²) in [6, 6.07) is 4.67. The van der Waals surface area contributed by atoms with Crippen molar-refractivity contribution in [3.63, 3.8) is 0 Å². The summed E-state index contributed by atoms with van der Waals surface area (Å²) in [5.74, 6) is -0.605. The van der Waals surface area contributed by atoms with E-state index < -0.39 is 12.0 Å². The maximum Gasteiger partial charge on any atom is 0.326 e. The monoisotopic (exact) mass is 231 g/mol. The van der Waals surface area contributed by atoms with Gasteiger partial charge in [0.2, 0.25) is 0 Å². The summed E-state index contributed by atoms with van der Waals surface area (Å²) in [6.45, 7) is 0. The number of carbonyl (C=O) groups is 1. The number of fused-ring (bicyclic) bond motifs is 3. The number of para-hydroxylation sites is 1. The number of aromatic hydroxyl groups is 1. The van der Waals surface area contributed by atoms with Crippen LogP contribution in [0.5, 0.6) is 5.75 Å². The van der Waals surface area contributed by atoms with Crippen LogP contribution >= 0.6 is 0 Å². The van der Waals surface area contributed by atoms with Crippen LogP contribution in [-0.2, 0) is 4.79 Å². The van der Waals surface area contributed by atoms with Gasteiger partial charge in [0.25, 0.3) is 0 Å². The molecule has 3 rings (SSSR count). The first kappa shape index (κ1) is 10.2. The van der Waals surface area contributed by atoms with E-state index in [0.717, 1.165) is 12.0 Å². The third-order valence-corrected chi connectivity index (χ3v) is 3.64. The van der Waals surface area contributed by atoms with E-state index in [-0.39, 0.29) is 17.6 Å². The molecule has 0 bridgehead atoms. The lowest BCUT2D eigenvalue weighted by Gasteiger charge is -2.34. The summed E-state index contributed by atoms with van der Waals surface area (Å²) in [5.41, 5.74) is 1.55. The first-order valence-corrected chi connectivity index (χ1v) is 5.66. The molecular formula is C13H13NO3. The molecule has 2 aliphatic rings. The molecule has 0 saturated heterocycles. The Hall–Kier alpha value is -1.97. The van der Waals surface area contributed by atoms with Crippen molar-refractivity contribution in [1.82, 2.24) is 0 Å². The molecule has 1 aliphatic carbocycles. The van der Waals surface area contributed by atoms with Crippen LogP contribution in [0.25, 0.3) is 0 Å². The summed E-state index contributed by atoms with van der Waals surface area (Å²) in [7, 11) is 0. The number of phenolic OH excluding ortho intramolecular Hbond substituents is 1. The van der Waals surface area contributed by atoms with Gasteiger partial charge >= 0.3 is 5.97 Å². The van der Waals surface area contributed by atoms with Gasteiger partial charge in [-0.25, -0.2) is 4.79 Å². The van der Waals surface area contributed by atoms with E-state index in [1.165, 1.54) is 0 Å². The molecule has 0 fully saturated rings. The quantitative estimate of drug-likeness (QED) is 0.510. The summed E-state index contributed by atoms with van der Waals surface area (Å²) in [4.78, 5) is 11.2. The number of rotatable bonds is 1. The highest BCUT2D eigenvalue weighted by Crippen LogP contribution is 2.47. The zero-order valence-corrected chi connectivity index (χ0v) is 9.13.